The Morgan fingerprint density at radius 3 is 2.93 bits per heavy atom. The summed E-state index contributed by atoms with van der Waals surface area (Å²) in [5.41, 5.74) is 6.60. The van der Waals surface area contributed by atoms with Gasteiger partial charge in [0.25, 0.3) is 5.56 Å². The normalized spacial score (nSPS) is 26.1. The fraction of sp³-hybridized carbons (Fsp3) is 0.667. The van der Waals surface area contributed by atoms with Crippen molar-refractivity contribution in [1.29, 1.82) is 0 Å². The molecule has 1 fully saturated rings. The van der Waals surface area contributed by atoms with Crippen molar-refractivity contribution < 1.29 is 0 Å². The highest BCUT2D eigenvalue weighted by molar-refractivity contribution is 5.00. The predicted octanol–water partition coefficient (Wildman–Crippen LogP) is -0.707. The van der Waals surface area contributed by atoms with Gasteiger partial charge in [0.1, 0.15) is 0 Å². The van der Waals surface area contributed by atoms with E-state index >= 15 is 0 Å². The molecule has 0 radical (unpaired) electrons. The van der Waals surface area contributed by atoms with Crippen LogP contribution in [0.15, 0.2) is 10.9 Å². The summed E-state index contributed by atoms with van der Waals surface area (Å²) in [6.45, 7) is 0.716. The minimum absolute atomic E-state index is 0.00658. The Balaban J connectivity index is 1.83. The van der Waals surface area contributed by atoms with Crippen LogP contribution >= 0.6 is 0 Å². The van der Waals surface area contributed by atoms with Crippen molar-refractivity contribution in [2.45, 2.75) is 31.5 Å². The number of nitrogens with two attached hydrogens (primary N) is 1. The summed E-state index contributed by atoms with van der Waals surface area (Å²) >= 11 is 0. The fourth-order valence-corrected chi connectivity index (χ4v) is 1.72. The number of aryl methyl sites for hydroxylation is 1. The SMILES string of the molecule is Cn1[nH]c(CNC2CC(N)C2)cc1=O. The van der Waals surface area contributed by atoms with Crippen molar-refractivity contribution in [3.05, 3.63) is 22.1 Å². The largest absolute Gasteiger partial charge is 0.328 e. The van der Waals surface area contributed by atoms with Crippen LogP contribution in [-0.2, 0) is 13.6 Å². The maximum absolute atomic E-state index is 11.1. The molecule has 0 amide bonds. The van der Waals surface area contributed by atoms with Gasteiger partial charge in [0.15, 0.2) is 0 Å². The molecule has 0 bridgehead atoms. The first-order valence-corrected chi connectivity index (χ1v) is 4.89. The lowest BCUT2D eigenvalue weighted by Gasteiger charge is -2.33. The summed E-state index contributed by atoms with van der Waals surface area (Å²) < 4.78 is 1.48. The Kier molecular flexibility index (Phi) is 2.43. The molecule has 78 valence electrons. The molecule has 0 aliphatic heterocycles. The number of nitrogens with one attached hydrogen (secondary N) is 2. The average molecular weight is 196 g/mol. The molecule has 14 heavy (non-hydrogen) atoms. The van der Waals surface area contributed by atoms with Gasteiger partial charge in [0.2, 0.25) is 0 Å². The highest BCUT2D eigenvalue weighted by Crippen LogP contribution is 2.17. The van der Waals surface area contributed by atoms with E-state index in [1.807, 2.05) is 0 Å². The van der Waals surface area contributed by atoms with E-state index in [0.29, 0.717) is 18.6 Å². The molecule has 0 spiro atoms. The van der Waals surface area contributed by atoms with Crippen LogP contribution < -0.4 is 16.6 Å². The van der Waals surface area contributed by atoms with Gasteiger partial charge in [-0.1, -0.05) is 0 Å². The first kappa shape index (κ1) is 9.48. The number of nitrogens with zero attached hydrogens (tertiary/aromatic N) is 1. The van der Waals surface area contributed by atoms with E-state index in [-0.39, 0.29) is 5.56 Å². The summed E-state index contributed by atoms with van der Waals surface area (Å²) in [5.74, 6) is 0. The van der Waals surface area contributed by atoms with Crippen LogP contribution in [-0.4, -0.2) is 21.9 Å². The van der Waals surface area contributed by atoms with E-state index in [4.69, 9.17) is 5.73 Å². The lowest BCUT2D eigenvalue weighted by molar-refractivity contribution is 0.289. The van der Waals surface area contributed by atoms with Crippen LogP contribution in [0.2, 0.25) is 0 Å². The Bertz CT molecular complexity index is 361. The zero-order valence-electron chi connectivity index (χ0n) is 8.29. The molecule has 1 aromatic rings. The van der Waals surface area contributed by atoms with Crippen molar-refractivity contribution in [3.8, 4) is 0 Å². The van der Waals surface area contributed by atoms with Gasteiger partial charge in [-0.05, 0) is 12.8 Å². The Hall–Kier alpha value is -1.07. The quantitative estimate of drug-likeness (QED) is 0.598. The van der Waals surface area contributed by atoms with Crippen molar-refractivity contribution in [2.75, 3.05) is 0 Å². The standard InChI is InChI=1S/C9H16N4O/c1-13-9(14)4-8(12-13)5-11-7-2-6(10)3-7/h4,6-7,11-12H,2-3,5,10H2,1H3. The Labute approximate surface area is 82.3 Å². The first-order valence-electron chi connectivity index (χ1n) is 4.89. The highest BCUT2D eigenvalue weighted by Gasteiger charge is 2.24. The summed E-state index contributed by atoms with van der Waals surface area (Å²) in [7, 11) is 1.71. The third-order valence-electron chi connectivity index (χ3n) is 2.70. The van der Waals surface area contributed by atoms with Gasteiger partial charge in [-0.15, -0.1) is 0 Å². The highest BCUT2D eigenvalue weighted by atomic mass is 16.1. The molecule has 0 saturated heterocycles. The van der Waals surface area contributed by atoms with E-state index in [1.165, 1.54) is 4.68 Å². The van der Waals surface area contributed by atoms with E-state index < -0.39 is 0 Å². The lowest BCUT2D eigenvalue weighted by Crippen LogP contribution is -2.48. The predicted molar refractivity (Wildman–Crippen MR) is 53.9 cm³/mol. The lowest BCUT2D eigenvalue weighted by atomic mass is 9.88. The molecule has 5 heteroatoms. The van der Waals surface area contributed by atoms with Gasteiger partial charge in [0.05, 0.1) is 5.69 Å². The number of H-pyrrole nitrogens is 1. The van der Waals surface area contributed by atoms with Crippen molar-refractivity contribution in [3.63, 3.8) is 0 Å². The number of rotatable bonds is 3. The summed E-state index contributed by atoms with van der Waals surface area (Å²) in [6.07, 6.45) is 2.08. The van der Waals surface area contributed by atoms with Gasteiger partial charge >= 0.3 is 0 Å². The molecule has 1 aliphatic rings. The molecule has 1 heterocycles. The molecule has 1 aromatic heterocycles. The summed E-state index contributed by atoms with van der Waals surface area (Å²) in [5, 5.41) is 6.31. The minimum Gasteiger partial charge on any atom is -0.328 e. The van der Waals surface area contributed by atoms with Crippen LogP contribution in [0.4, 0.5) is 0 Å². The number of hydrogen-bond donors (Lipinski definition) is 3. The van der Waals surface area contributed by atoms with E-state index in [1.54, 1.807) is 13.1 Å². The van der Waals surface area contributed by atoms with Crippen molar-refractivity contribution >= 4 is 0 Å². The third kappa shape index (κ3) is 1.88. The second-order valence-corrected chi connectivity index (χ2v) is 3.99. The third-order valence-corrected chi connectivity index (χ3v) is 2.70. The molecule has 1 aliphatic carbocycles. The second-order valence-electron chi connectivity index (χ2n) is 3.99. The monoisotopic (exact) mass is 196 g/mol. The number of aromatic nitrogens is 2. The summed E-state index contributed by atoms with van der Waals surface area (Å²) in [6, 6.07) is 2.50. The van der Waals surface area contributed by atoms with E-state index in [2.05, 4.69) is 10.4 Å². The molecule has 5 nitrogen and oxygen atoms in total. The topological polar surface area (TPSA) is 75.8 Å². The maximum Gasteiger partial charge on any atom is 0.266 e. The maximum atomic E-state index is 11.1. The molecule has 0 atom stereocenters. The van der Waals surface area contributed by atoms with Gasteiger partial charge in [-0.25, -0.2) is 0 Å². The zero-order valence-corrected chi connectivity index (χ0v) is 8.29. The van der Waals surface area contributed by atoms with Crippen LogP contribution in [0.5, 0.6) is 0 Å². The molecular weight excluding hydrogens is 180 g/mol. The van der Waals surface area contributed by atoms with Crippen LogP contribution in [0.3, 0.4) is 0 Å². The van der Waals surface area contributed by atoms with Gasteiger partial charge in [0, 0.05) is 31.7 Å². The van der Waals surface area contributed by atoms with E-state index in [9.17, 15) is 4.79 Å². The molecule has 0 aromatic carbocycles. The summed E-state index contributed by atoms with van der Waals surface area (Å²) in [4.78, 5) is 11.1. The van der Waals surface area contributed by atoms with Gasteiger partial charge < -0.3 is 11.1 Å². The molecule has 2 rings (SSSR count). The second kappa shape index (κ2) is 3.59. The van der Waals surface area contributed by atoms with Crippen LogP contribution in [0, 0.1) is 0 Å². The average Bonchev–Trinajstić information content (AvgIpc) is 2.39. The molecule has 0 unspecified atom stereocenters. The van der Waals surface area contributed by atoms with Crippen LogP contribution in [0.25, 0.3) is 0 Å². The van der Waals surface area contributed by atoms with Crippen molar-refractivity contribution in [1.82, 2.24) is 15.1 Å². The molecular formula is C9H16N4O. The number of aromatic amines is 1. The van der Waals surface area contributed by atoms with E-state index in [0.717, 1.165) is 18.5 Å². The number of hydrogen-bond acceptors (Lipinski definition) is 3. The first-order chi connectivity index (χ1) is 6.65. The minimum atomic E-state index is 0.00658. The smallest absolute Gasteiger partial charge is 0.266 e. The Morgan fingerprint density at radius 2 is 2.43 bits per heavy atom. The van der Waals surface area contributed by atoms with Crippen LogP contribution in [0.1, 0.15) is 18.5 Å². The van der Waals surface area contributed by atoms with Crippen molar-refractivity contribution in [2.24, 2.45) is 12.8 Å². The fourth-order valence-electron chi connectivity index (χ4n) is 1.72. The molecule has 4 N–H and O–H groups in total. The van der Waals surface area contributed by atoms with Gasteiger partial charge in [-0.3, -0.25) is 14.6 Å². The Morgan fingerprint density at radius 1 is 1.71 bits per heavy atom. The molecule has 1 saturated carbocycles. The van der Waals surface area contributed by atoms with Gasteiger partial charge in [-0.2, -0.15) is 0 Å². The zero-order chi connectivity index (χ0) is 10.1.